The molecule has 1 N–H and O–H groups in total. The molecule has 3 saturated carbocycles. The Morgan fingerprint density at radius 2 is 1.90 bits per heavy atom. The molecule has 0 amide bonds. The molecule has 0 bridgehead atoms. The number of hydrogen-bond donors (Lipinski definition) is 1. The van der Waals surface area contributed by atoms with Crippen molar-refractivity contribution < 1.29 is 38.5 Å². The molecule has 4 aliphatic carbocycles. The van der Waals surface area contributed by atoms with E-state index in [1.165, 1.54) is 0 Å². The third-order valence-electron chi connectivity index (χ3n) is 10.6. The Morgan fingerprint density at radius 1 is 1.15 bits per heavy atom. The maximum absolute atomic E-state index is 14.0. The van der Waals surface area contributed by atoms with Crippen molar-refractivity contribution in [3.63, 3.8) is 0 Å². The zero-order chi connectivity index (χ0) is 29.3. The standard InChI is InChI=1S/C32H46O8/c1-6-8-9-27(36)38-19-26(35)32(40-29(37)39-18-20(3)7-2)15-13-24-23-11-10-21-16-22(33)12-14-30(21,4)28(23)25(34)17-31(24,32)5/h12,14,16,20,23-25,28,34H,6-11,13,15,17-19H2,1-5H3/t20?,23-,24-,25?,28+,30-,31-,32-/m0/s1. The van der Waals surface area contributed by atoms with Gasteiger partial charge in [-0.3, -0.25) is 14.4 Å². The number of aliphatic hydroxyl groups is 1. The minimum atomic E-state index is -1.57. The van der Waals surface area contributed by atoms with Gasteiger partial charge in [-0.1, -0.05) is 59.1 Å². The van der Waals surface area contributed by atoms with Gasteiger partial charge in [-0.05, 0) is 68.4 Å². The second-order valence-electron chi connectivity index (χ2n) is 12.9. The summed E-state index contributed by atoms with van der Waals surface area (Å²) in [5.41, 5.74) is -1.84. The molecule has 0 radical (unpaired) electrons. The van der Waals surface area contributed by atoms with Crippen molar-refractivity contribution in [3.05, 3.63) is 23.8 Å². The van der Waals surface area contributed by atoms with E-state index in [0.717, 1.165) is 31.3 Å². The molecule has 8 nitrogen and oxygen atoms in total. The quantitative estimate of drug-likeness (QED) is 0.349. The Bertz CT molecular complexity index is 1080. The van der Waals surface area contributed by atoms with Crippen LogP contribution in [0.25, 0.3) is 0 Å². The predicted octanol–water partition coefficient (Wildman–Crippen LogP) is 5.51. The molecule has 40 heavy (non-hydrogen) atoms. The Hall–Kier alpha value is -2.48. The highest BCUT2D eigenvalue weighted by atomic mass is 16.7. The molecule has 4 aliphatic rings. The van der Waals surface area contributed by atoms with Gasteiger partial charge in [-0.2, -0.15) is 0 Å². The first kappa shape index (κ1) is 30.5. The van der Waals surface area contributed by atoms with Crippen molar-refractivity contribution in [2.75, 3.05) is 13.2 Å². The number of hydrogen-bond acceptors (Lipinski definition) is 8. The summed E-state index contributed by atoms with van der Waals surface area (Å²) < 4.78 is 16.8. The van der Waals surface area contributed by atoms with E-state index in [1.807, 2.05) is 33.8 Å². The van der Waals surface area contributed by atoms with E-state index < -0.39 is 47.0 Å². The number of ether oxygens (including phenoxy) is 3. The maximum atomic E-state index is 14.0. The molecule has 0 aromatic carbocycles. The largest absolute Gasteiger partial charge is 0.509 e. The van der Waals surface area contributed by atoms with Crippen molar-refractivity contribution >= 4 is 23.7 Å². The highest BCUT2D eigenvalue weighted by molar-refractivity contribution is 6.01. The minimum Gasteiger partial charge on any atom is -0.457 e. The molecule has 222 valence electrons. The molecule has 8 atom stereocenters. The third-order valence-corrected chi connectivity index (χ3v) is 10.6. The van der Waals surface area contributed by atoms with Crippen LogP contribution in [0.4, 0.5) is 4.79 Å². The molecule has 0 aliphatic heterocycles. The van der Waals surface area contributed by atoms with Crippen LogP contribution in [0.15, 0.2) is 23.8 Å². The van der Waals surface area contributed by atoms with Crippen molar-refractivity contribution in [1.82, 2.24) is 0 Å². The second-order valence-corrected chi connectivity index (χ2v) is 12.9. The Morgan fingerprint density at radius 3 is 2.60 bits per heavy atom. The molecule has 8 heteroatoms. The average Bonchev–Trinajstić information content (AvgIpc) is 3.21. The Labute approximate surface area is 237 Å². The topological polar surface area (TPSA) is 116 Å². The number of fused-ring (bicyclic) bond motifs is 5. The molecule has 0 aromatic rings. The summed E-state index contributed by atoms with van der Waals surface area (Å²) in [6.45, 7) is 9.67. The lowest BCUT2D eigenvalue weighted by molar-refractivity contribution is -0.186. The maximum Gasteiger partial charge on any atom is 0.509 e. The molecule has 2 unspecified atom stereocenters. The lowest BCUT2D eigenvalue weighted by Gasteiger charge is -2.59. The van der Waals surface area contributed by atoms with Crippen molar-refractivity contribution in [2.24, 2.45) is 34.5 Å². The summed E-state index contributed by atoms with van der Waals surface area (Å²) in [5.74, 6) is -0.855. The minimum absolute atomic E-state index is 0.00703. The van der Waals surface area contributed by atoms with Crippen LogP contribution >= 0.6 is 0 Å². The van der Waals surface area contributed by atoms with Crippen LogP contribution in [0.2, 0.25) is 0 Å². The summed E-state index contributed by atoms with van der Waals surface area (Å²) in [4.78, 5) is 51.4. The van der Waals surface area contributed by atoms with Crippen LogP contribution in [0.3, 0.4) is 0 Å². The van der Waals surface area contributed by atoms with E-state index in [9.17, 15) is 24.3 Å². The summed E-state index contributed by atoms with van der Waals surface area (Å²) in [6, 6.07) is 0. The van der Waals surface area contributed by atoms with Crippen LogP contribution in [0, 0.1) is 34.5 Å². The summed E-state index contributed by atoms with van der Waals surface area (Å²) >= 11 is 0. The van der Waals surface area contributed by atoms with E-state index in [1.54, 1.807) is 12.2 Å². The SMILES string of the molecule is CCCCC(=O)OCC(=O)[C@@]1(OC(=O)OCC(C)CC)CC[C@H]2[C@@H]3CCC4=CC(=O)C=C[C@]4(C)[C@H]3C(O)C[C@@]21C. The summed E-state index contributed by atoms with van der Waals surface area (Å²) in [5, 5.41) is 11.7. The van der Waals surface area contributed by atoms with Gasteiger partial charge < -0.3 is 19.3 Å². The van der Waals surface area contributed by atoms with Gasteiger partial charge >= 0.3 is 12.1 Å². The number of ketones is 2. The first-order valence-electron chi connectivity index (χ1n) is 15.1. The monoisotopic (exact) mass is 558 g/mol. The number of Topliss-reactive ketones (excluding diaryl/α,β-unsaturated/α-hetero) is 1. The smallest absolute Gasteiger partial charge is 0.457 e. The van der Waals surface area contributed by atoms with E-state index in [2.05, 4.69) is 6.92 Å². The highest BCUT2D eigenvalue weighted by Crippen LogP contribution is 2.68. The molecule has 0 aromatic heterocycles. The van der Waals surface area contributed by atoms with Gasteiger partial charge in [-0.15, -0.1) is 0 Å². The first-order valence-corrected chi connectivity index (χ1v) is 15.1. The number of allylic oxidation sites excluding steroid dienone is 4. The zero-order valence-electron chi connectivity index (χ0n) is 24.7. The number of esters is 1. The Balaban J connectivity index is 1.64. The second kappa shape index (κ2) is 11.8. The fraction of sp³-hybridized carbons (Fsp3) is 0.750. The number of rotatable bonds is 10. The third kappa shape index (κ3) is 5.28. The van der Waals surface area contributed by atoms with Gasteiger partial charge in [0, 0.05) is 23.2 Å². The van der Waals surface area contributed by atoms with Gasteiger partial charge in [0.25, 0.3) is 0 Å². The van der Waals surface area contributed by atoms with Crippen molar-refractivity contribution in [2.45, 2.75) is 104 Å². The molecular formula is C32H46O8. The number of carbonyl (C=O) groups excluding carboxylic acids is 4. The lowest BCUT2D eigenvalue weighted by Crippen LogP contribution is -2.63. The molecule has 4 rings (SSSR count). The Kier molecular flexibility index (Phi) is 8.98. The van der Waals surface area contributed by atoms with E-state index >= 15 is 0 Å². The van der Waals surface area contributed by atoms with Crippen molar-refractivity contribution in [3.8, 4) is 0 Å². The molecular weight excluding hydrogens is 512 g/mol. The fourth-order valence-electron chi connectivity index (χ4n) is 8.15. The molecule has 0 heterocycles. The van der Waals surface area contributed by atoms with Gasteiger partial charge in [-0.25, -0.2) is 4.79 Å². The van der Waals surface area contributed by atoms with Crippen LogP contribution in [0.1, 0.15) is 92.4 Å². The van der Waals surface area contributed by atoms with Crippen LogP contribution < -0.4 is 0 Å². The zero-order valence-corrected chi connectivity index (χ0v) is 24.7. The van der Waals surface area contributed by atoms with E-state index in [0.29, 0.717) is 12.8 Å². The number of aliphatic hydroxyl groups excluding tert-OH is 1. The molecule has 0 spiro atoms. The normalized spacial score (nSPS) is 37.0. The lowest BCUT2D eigenvalue weighted by atomic mass is 9.46. The van der Waals surface area contributed by atoms with Gasteiger partial charge in [0.05, 0.1) is 12.7 Å². The van der Waals surface area contributed by atoms with Crippen molar-refractivity contribution in [1.29, 1.82) is 0 Å². The predicted molar refractivity (Wildman–Crippen MR) is 148 cm³/mol. The van der Waals surface area contributed by atoms with Gasteiger partial charge in [0.2, 0.25) is 5.78 Å². The fourth-order valence-corrected chi connectivity index (χ4v) is 8.15. The first-order chi connectivity index (χ1) is 18.9. The van der Waals surface area contributed by atoms with E-state index in [4.69, 9.17) is 14.2 Å². The highest BCUT2D eigenvalue weighted by Gasteiger charge is 2.70. The number of unbranched alkanes of at least 4 members (excludes halogenated alkanes) is 1. The average molecular weight is 559 g/mol. The summed E-state index contributed by atoms with van der Waals surface area (Å²) in [7, 11) is 0. The van der Waals surface area contributed by atoms with Gasteiger partial charge in [0.15, 0.2) is 18.0 Å². The number of carbonyl (C=O) groups is 4. The molecule has 0 saturated heterocycles. The van der Waals surface area contributed by atoms with Gasteiger partial charge in [0.1, 0.15) is 0 Å². The van der Waals surface area contributed by atoms with Crippen LogP contribution in [-0.2, 0) is 28.6 Å². The van der Waals surface area contributed by atoms with Crippen LogP contribution in [0.5, 0.6) is 0 Å². The van der Waals surface area contributed by atoms with E-state index in [-0.39, 0.29) is 55.3 Å². The summed E-state index contributed by atoms with van der Waals surface area (Å²) in [6.07, 6.45) is 8.79. The van der Waals surface area contributed by atoms with Crippen LogP contribution in [-0.4, -0.2) is 53.7 Å². The molecule has 3 fully saturated rings.